The van der Waals surface area contributed by atoms with Gasteiger partial charge in [-0.25, -0.2) is 4.79 Å². The molecule has 0 unspecified atom stereocenters. The van der Waals surface area contributed by atoms with Crippen LogP contribution in [0.4, 0.5) is 0 Å². The van der Waals surface area contributed by atoms with Gasteiger partial charge in [-0.1, -0.05) is 31.0 Å². The largest absolute Gasteiger partial charge is 0.483 e. The number of para-hydroxylation sites is 1. The van der Waals surface area contributed by atoms with Gasteiger partial charge in [0.05, 0.1) is 0 Å². The highest BCUT2D eigenvalue weighted by Crippen LogP contribution is 2.30. The molecule has 5 heteroatoms. The third-order valence-corrected chi connectivity index (χ3v) is 4.00. The van der Waals surface area contributed by atoms with Crippen molar-refractivity contribution in [3.8, 4) is 5.75 Å². The first-order chi connectivity index (χ1) is 9.94. The van der Waals surface area contributed by atoms with Gasteiger partial charge in [-0.3, -0.25) is 4.79 Å². The Morgan fingerprint density at radius 3 is 2.33 bits per heavy atom. The molecule has 21 heavy (non-hydrogen) atoms. The molecule has 0 saturated heterocycles. The number of carbonyl (C=O) groups is 2. The smallest absolute Gasteiger partial charge is 0.329 e. The van der Waals surface area contributed by atoms with Crippen LogP contribution in [-0.2, 0) is 9.59 Å². The van der Waals surface area contributed by atoms with Crippen LogP contribution in [-0.4, -0.2) is 29.1 Å². The second kappa shape index (κ2) is 6.16. The molecule has 0 bridgehead atoms. The highest BCUT2D eigenvalue weighted by atomic mass is 16.5. The SMILES string of the molecule is Cc1cccc(C)c1OCC(=O)NC1(C(=O)O)CCCC1. The van der Waals surface area contributed by atoms with Gasteiger partial charge in [-0.15, -0.1) is 0 Å². The first kappa shape index (κ1) is 15.4. The average molecular weight is 291 g/mol. The Labute approximate surface area is 124 Å². The molecule has 1 aromatic rings. The number of amides is 1. The second-order valence-electron chi connectivity index (χ2n) is 5.65. The molecular formula is C16H21NO4. The molecule has 2 N–H and O–H groups in total. The molecule has 1 aliphatic carbocycles. The molecule has 1 aliphatic rings. The molecule has 0 spiro atoms. The molecule has 1 saturated carbocycles. The van der Waals surface area contributed by atoms with Gasteiger partial charge in [0.15, 0.2) is 6.61 Å². The van der Waals surface area contributed by atoms with Gasteiger partial charge in [-0.2, -0.15) is 0 Å². The second-order valence-corrected chi connectivity index (χ2v) is 5.65. The fourth-order valence-electron chi connectivity index (χ4n) is 2.84. The summed E-state index contributed by atoms with van der Waals surface area (Å²) in [6.45, 7) is 3.66. The van der Waals surface area contributed by atoms with Gasteiger partial charge >= 0.3 is 5.97 Å². The molecule has 2 rings (SSSR count). The van der Waals surface area contributed by atoms with E-state index in [4.69, 9.17) is 4.74 Å². The maximum atomic E-state index is 12.0. The summed E-state index contributed by atoms with van der Waals surface area (Å²) in [7, 11) is 0. The predicted molar refractivity (Wildman–Crippen MR) is 78.4 cm³/mol. The number of nitrogens with one attached hydrogen (secondary N) is 1. The lowest BCUT2D eigenvalue weighted by Gasteiger charge is -2.25. The van der Waals surface area contributed by atoms with E-state index in [1.165, 1.54) is 0 Å². The Balaban J connectivity index is 1.98. The summed E-state index contributed by atoms with van der Waals surface area (Å²) < 4.78 is 5.56. The normalized spacial score (nSPS) is 16.5. The zero-order valence-corrected chi connectivity index (χ0v) is 12.4. The summed E-state index contributed by atoms with van der Waals surface area (Å²) in [5.41, 5.74) is 0.800. The van der Waals surface area contributed by atoms with E-state index in [0.29, 0.717) is 18.6 Å². The van der Waals surface area contributed by atoms with Crippen molar-refractivity contribution in [2.24, 2.45) is 0 Å². The molecule has 1 amide bonds. The van der Waals surface area contributed by atoms with E-state index in [2.05, 4.69) is 5.32 Å². The topological polar surface area (TPSA) is 75.6 Å². The van der Waals surface area contributed by atoms with Gasteiger partial charge in [0.1, 0.15) is 11.3 Å². The van der Waals surface area contributed by atoms with Crippen molar-refractivity contribution < 1.29 is 19.4 Å². The molecule has 0 aromatic heterocycles. The van der Waals surface area contributed by atoms with Crippen LogP contribution in [0.3, 0.4) is 0 Å². The lowest BCUT2D eigenvalue weighted by molar-refractivity contribution is -0.147. The number of benzene rings is 1. The highest BCUT2D eigenvalue weighted by Gasteiger charge is 2.42. The molecule has 0 aliphatic heterocycles. The minimum absolute atomic E-state index is 0.166. The van der Waals surface area contributed by atoms with E-state index in [1.54, 1.807) is 0 Å². The Bertz CT molecular complexity index is 527. The zero-order valence-electron chi connectivity index (χ0n) is 12.4. The number of carboxylic acid groups (broad SMARTS) is 1. The zero-order chi connectivity index (χ0) is 15.5. The fourth-order valence-corrected chi connectivity index (χ4v) is 2.84. The van der Waals surface area contributed by atoms with Crippen molar-refractivity contribution >= 4 is 11.9 Å². The number of aryl methyl sites for hydroxylation is 2. The summed E-state index contributed by atoms with van der Waals surface area (Å²) in [4.78, 5) is 23.4. The molecule has 114 valence electrons. The minimum Gasteiger partial charge on any atom is -0.483 e. The van der Waals surface area contributed by atoms with Crippen LogP contribution in [0.1, 0.15) is 36.8 Å². The van der Waals surface area contributed by atoms with Crippen LogP contribution >= 0.6 is 0 Å². The summed E-state index contributed by atoms with van der Waals surface area (Å²) in [5.74, 6) is -0.661. The Kier molecular flexibility index (Phi) is 4.50. The summed E-state index contributed by atoms with van der Waals surface area (Å²) in [6, 6.07) is 5.75. The number of carbonyl (C=O) groups excluding carboxylic acids is 1. The van der Waals surface area contributed by atoms with Crippen LogP contribution in [0.5, 0.6) is 5.75 Å². The number of hydrogen-bond acceptors (Lipinski definition) is 3. The van der Waals surface area contributed by atoms with Gasteiger partial charge in [0.25, 0.3) is 5.91 Å². The third-order valence-electron chi connectivity index (χ3n) is 4.00. The van der Waals surface area contributed by atoms with Gasteiger partial charge in [0.2, 0.25) is 0 Å². The van der Waals surface area contributed by atoms with Crippen molar-refractivity contribution in [3.63, 3.8) is 0 Å². The Morgan fingerprint density at radius 1 is 1.24 bits per heavy atom. The van der Waals surface area contributed by atoms with Crippen LogP contribution in [0.25, 0.3) is 0 Å². The number of ether oxygens (including phenoxy) is 1. The van der Waals surface area contributed by atoms with Gasteiger partial charge < -0.3 is 15.2 Å². The van der Waals surface area contributed by atoms with Gasteiger partial charge in [-0.05, 0) is 37.8 Å². The standard InChI is InChI=1S/C16H21NO4/c1-11-6-5-7-12(2)14(11)21-10-13(18)17-16(15(19)20)8-3-4-9-16/h5-7H,3-4,8-10H2,1-2H3,(H,17,18)(H,19,20). The summed E-state index contributed by atoms with van der Waals surface area (Å²) in [6.07, 6.45) is 2.61. The van der Waals surface area contributed by atoms with Crippen molar-refractivity contribution in [2.45, 2.75) is 45.1 Å². The summed E-state index contributed by atoms with van der Waals surface area (Å²) in [5, 5.41) is 12.0. The monoisotopic (exact) mass is 291 g/mol. The van der Waals surface area contributed by atoms with Crippen LogP contribution in [0.15, 0.2) is 18.2 Å². The molecule has 0 heterocycles. The number of aliphatic carboxylic acids is 1. The molecule has 1 fully saturated rings. The van der Waals surface area contributed by atoms with Crippen molar-refractivity contribution in [1.29, 1.82) is 0 Å². The molecule has 1 aromatic carbocycles. The third kappa shape index (κ3) is 3.35. The molecule has 0 radical (unpaired) electrons. The first-order valence-electron chi connectivity index (χ1n) is 7.18. The number of rotatable bonds is 5. The van der Waals surface area contributed by atoms with E-state index in [-0.39, 0.29) is 12.5 Å². The maximum Gasteiger partial charge on any atom is 0.329 e. The number of carboxylic acids is 1. The Morgan fingerprint density at radius 2 is 1.81 bits per heavy atom. The minimum atomic E-state index is -1.11. The number of hydrogen-bond donors (Lipinski definition) is 2. The lowest BCUT2D eigenvalue weighted by Crippen LogP contribution is -2.53. The van der Waals surface area contributed by atoms with E-state index in [9.17, 15) is 14.7 Å². The maximum absolute atomic E-state index is 12.0. The van der Waals surface area contributed by atoms with Crippen molar-refractivity contribution in [2.75, 3.05) is 6.61 Å². The summed E-state index contributed by atoms with van der Waals surface area (Å²) >= 11 is 0. The highest BCUT2D eigenvalue weighted by molar-refractivity contribution is 5.88. The average Bonchev–Trinajstić information content (AvgIpc) is 2.88. The molecule has 0 atom stereocenters. The quantitative estimate of drug-likeness (QED) is 0.872. The van der Waals surface area contributed by atoms with Crippen LogP contribution in [0, 0.1) is 13.8 Å². The van der Waals surface area contributed by atoms with Crippen LogP contribution in [0.2, 0.25) is 0 Å². The first-order valence-corrected chi connectivity index (χ1v) is 7.18. The van der Waals surface area contributed by atoms with Gasteiger partial charge in [0, 0.05) is 0 Å². The lowest BCUT2D eigenvalue weighted by atomic mass is 9.98. The van der Waals surface area contributed by atoms with Crippen molar-refractivity contribution in [1.82, 2.24) is 5.32 Å². The molecular weight excluding hydrogens is 270 g/mol. The Hall–Kier alpha value is -2.04. The van der Waals surface area contributed by atoms with E-state index in [0.717, 1.165) is 24.0 Å². The van der Waals surface area contributed by atoms with E-state index < -0.39 is 11.5 Å². The van der Waals surface area contributed by atoms with E-state index in [1.807, 2.05) is 32.0 Å². The van der Waals surface area contributed by atoms with Crippen LogP contribution < -0.4 is 10.1 Å². The fraction of sp³-hybridized carbons (Fsp3) is 0.500. The molecule has 5 nitrogen and oxygen atoms in total. The van der Waals surface area contributed by atoms with Crippen molar-refractivity contribution in [3.05, 3.63) is 29.3 Å². The predicted octanol–water partition coefficient (Wildman–Crippen LogP) is 2.20. The van der Waals surface area contributed by atoms with E-state index >= 15 is 0 Å².